The number of hydrogen-bond acceptors (Lipinski definition) is 3. The molecule has 142 valence electrons. The van der Waals surface area contributed by atoms with E-state index in [-0.39, 0.29) is 35.8 Å². The zero-order valence-corrected chi connectivity index (χ0v) is 17.9. The number of aliphatic imine (C=N–C) groups is 1. The first kappa shape index (κ1) is 22.1. The summed E-state index contributed by atoms with van der Waals surface area (Å²) in [6.45, 7) is 3.41. The van der Waals surface area contributed by atoms with Gasteiger partial charge >= 0.3 is 0 Å². The van der Waals surface area contributed by atoms with Crippen molar-refractivity contribution < 1.29 is 9.13 Å². The maximum atomic E-state index is 13.5. The van der Waals surface area contributed by atoms with Crippen LogP contribution < -0.4 is 5.32 Å². The molecule has 1 saturated heterocycles. The Labute approximate surface area is 167 Å². The fourth-order valence-electron chi connectivity index (χ4n) is 3.23. The molecular weight excluding hydrogens is 434 g/mol. The number of benzene rings is 1. The van der Waals surface area contributed by atoms with E-state index in [4.69, 9.17) is 4.74 Å². The Morgan fingerprint density at radius 3 is 2.84 bits per heavy atom. The molecule has 0 aromatic heterocycles. The Balaban J connectivity index is 0.00000312. The van der Waals surface area contributed by atoms with E-state index in [9.17, 15) is 4.39 Å². The van der Waals surface area contributed by atoms with E-state index in [1.54, 1.807) is 26.3 Å². The zero-order chi connectivity index (χ0) is 17.5. The Kier molecular flexibility index (Phi) is 9.66. The van der Waals surface area contributed by atoms with Crippen molar-refractivity contribution in [3.8, 4) is 0 Å². The van der Waals surface area contributed by atoms with Crippen molar-refractivity contribution in [1.82, 2.24) is 15.1 Å². The molecule has 7 heteroatoms. The first-order valence-corrected chi connectivity index (χ1v) is 8.41. The molecule has 1 N–H and O–H groups in total. The second-order valence-electron chi connectivity index (χ2n) is 6.52. The first-order valence-electron chi connectivity index (χ1n) is 8.41. The summed E-state index contributed by atoms with van der Waals surface area (Å²) in [5.74, 6) is 1.25. The normalized spacial score (nSPS) is 19.0. The zero-order valence-electron chi connectivity index (χ0n) is 15.5. The highest BCUT2D eigenvalue weighted by Gasteiger charge is 2.25. The Bertz CT molecular complexity index is 556. The van der Waals surface area contributed by atoms with Gasteiger partial charge in [0.2, 0.25) is 0 Å². The van der Waals surface area contributed by atoms with Crippen LogP contribution >= 0.6 is 24.0 Å². The standard InChI is InChI=1S/C18H29FN4O.HI/c1-20-18(23-9-8-14(12-23)13-24-4)21-11-17(22(2)3)15-6-5-7-16(19)10-15;/h5-7,10,14,17H,8-9,11-13H2,1-4H3,(H,20,21);1H. The molecule has 1 aromatic carbocycles. The number of guanidine groups is 1. The number of nitrogens with zero attached hydrogens (tertiary/aromatic N) is 3. The summed E-state index contributed by atoms with van der Waals surface area (Å²) in [5.41, 5.74) is 0.960. The van der Waals surface area contributed by atoms with Gasteiger partial charge in [0.1, 0.15) is 5.82 Å². The second kappa shape index (κ2) is 10.9. The van der Waals surface area contributed by atoms with Gasteiger partial charge in [0, 0.05) is 39.7 Å². The third-order valence-corrected chi connectivity index (χ3v) is 4.51. The number of halogens is 2. The molecule has 0 radical (unpaired) electrons. The largest absolute Gasteiger partial charge is 0.384 e. The maximum absolute atomic E-state index is 13.5. The van der Waals surface area contributed by atoms with Gasteiger partial charge in [-0.05, 0) is 38.2 Å². The van der Waals surface area contributed by atoms with E-state index in [1.807, 2.05) is 20.2 Å². The van der Waals surface area contributed by atoms with Crippen molar-refractivity contribution >= 4 is 29.9 Å². The molecule has 1 aromatic rings. The van der Waals surface area contributed by atoms with Crippen LogP contribution in [-0.2, 0) is 4.74 Å². The van der Waals surface area contributed by atoms with E-state index >= 15 is 0 Å². The number of nitrogens with one attached hydrogen (secondary N) is 1. The lowest BCUT2D eigenvalue weighted by atomic mass is 10.1. The van der Waals surface area contributed by atoms with Crippen molar-refractivity contribution in [2.75, 3.05) is 54.5 Å². The molecule has 0 spiro atoms. The Hall–Kier alpha value is -0.930. The highest BCUT2D eigenvalue weighted by atomic mass is 127. The number of rotatable bonds is 6. The van der Waals surface area contributed by atoms with Gasteiger partial charge in [-0.2, -0.15) is 0 Å². The molecular formula is C18H30FIN4O. The molecule has 1 aliphatic heterocycles. The topological polar surface area (TPSA) is 40.1 Å². The molecule has 25 heavy (non-hydrogen) atoms. The van der Waals surface area contributed by atoms with Crippen molar-refractivity contribution in [1.29, 1.82) is 0 Å². The summed E-state index contributed by atoms with van der Waals surface area (Å²) in [5, 5.41) is 3.44. The molecule has 0 amide bonds. The summed E-state index contributed by atoms with van der Waals surface area (Å²) in [6.07, 6.45) is 1.12. The second-order valence-corrected chi connectivity index (χ2v) is 6.52. The Morgan fingerprint density at radius 2 is 2.24 bits per heavy atom. The van der Waals surface area contributed by atoms with Gasteiger partial charge in [-0.15, -0.1) is 24.0 Å². The predicted octanol–water partition coefficient (Wildman–Crippen LogP) is 2.59. The fourth-order valence-corrected chi connectivity index (χ4v) is 3.23. The van der Waals surface area contributed by atoms with Crippen LogP contribution in [-0.4, -0.2) is 70.3 Å². The molecule has 0 saturated carbocycles. The van der Waals surface area contributed by atoms with Gasteiger partial charge in [-0.3, -0.25) is 4.99 Å². The van der Waals surface area contributed by atoms with E-state index in [0.29, 0.717) is 12.5 Å². The van der Waals surface area contributed by atoms with Gasteiger partial charge in [0.25, 0.3) is 0 Å². The van der Waals surface area contributed by atoms with Gasteiger partial charge in [-0.1, -0.05) is 12.1 Å². The maximum Gasteiger partial charge on any atom is 0.193 e. The van der Waals surface area contributed by atoms with E-state index in [1.165, 1.54) is 6.07 Å². The van der Waals surface area contributed by atoms with Crippen LogP contribution in [0.25, 0.3) is 0 Å². The minimum absolute atomic E-state index is 0. The molecule has 1 fully saturated rings. The summed E-state index contributed by atoms with van der Waals surface area (Å²) < 4.78 is 18.8. The van der Waals surface area contributed by atoms with Gasteiger partial charge < -0.3 is 19.9 Å². The molecule has 1 heterocycles. The third-order valence-electron chi connectivity index (χ3n) is 4.51. The third kappa shape index (κ3) is 6.38. The van der Waals surface area contributed by atoms with E-state index < -0.39 is 0 Å². The lowest BCUT2D eigenvalue weighted by molar-refractivity contribution is 0.157. The summed E-state index contributed by atoms with van der Waals surface area (Å²) >= 11 is 0. The van der Waals surface area contributed by atoms with Crippen LogP contribution in [0.4, 0.5) is 4.39 Å². The molecule has 2 rings (SSSR count). The summed E-state index contributed by atoms with van der Waals surface area (Å²) in [6, 6.07) is 6.87. The van der Waals surface area contributed by atoms with Gasteiger partial charge in [-0.25, -0.2) is 4.39 Å². The van der Waals surface area contributed by atoms with Crippen LogP contribution in [0.2, 0.25) is 0 Å². The average molecular weight is 464 g/mol. The SMILES string of the molecule is CN=C(NCC(c1cccc(F)c1)N(C)C)N1CCC(COC)C1.I. The monoisotopic (exact) mass is 464 g/mol. The van der Waals surface area contributed by atoms with Gasteiger partial charge in [0.05, 0.1) is 12.6 Å². The van der Waals surface area contributed by atoms with Crippen LogP contribution in [0.1, 0.15) is 18.0 Å². The molecule has 1 aliphatic rings. The molecule has 2 atom stereocenters. The molecule has 0 bridgehead atoms. The molecule has 2 unspecified atom stereocenters. The minimum Gasteiger partial charge on any atom is -0.384 e. The van der Waals surface area contributed by atoms with Crippen LogP contribution in [0.5, 0.6) is 0 Å². The molecule has 0 aliphatic carbocycles. The quantitative estimate of drug-likeness (QED) is 0.399. The smallest absolute Gasteiger partial charge is 0.193 e. The lowest BCUT2D eigenvalue weighted by Gasteiger charge is -2.28. The minimum atomic E-state index is -0.203. The number of methoxy groups -OCH3 is 1. The summed E-state index contributed by atoms with van der Waals surface area (Å²) in [7, 11) is 7.56. The van der Waals surface area contributed by atoms with Crippen LogP contribution in [0, 0.1) is 11.7 Å². The van der Waals surface area contributed by atoms with E-state index in [0.717, 1.165) is 37.6 Å². The highest BCUT2D eigenvalue weighted by Crippen LogP contribution is 2.19. The van der Waals surface area contributed by atoms with Crippen molar-refractivity contribution in [3.63, 3.8) is 0 Å². The van der Waals surface area contributed by atoms with Crippen LogP contribution in [0.3, 0.4) is 0 Å². The van der Waals surface area contributed by atoms with E-state index in [2.05, 4.69) is 20.1 Å². The van der Waals surface area contributed by atoms with Crippen molar-refractivity contribution in [2.45, 2.75) is 12.5 Å². The predicted molar refractivity (Wildman–Crippen MR) is 111 cm³/mol. The first-order chi connectivity index (χ1) is 11.5. The highest BCUT2D eigenvalue weighted by molar-refractivity contribution is 14.0. The number of likely N-dealkylation sites (N-methyl/N-ethyl adjacent to an activating group) is 1. The summed E-state index contributed by atoms with van der Waals surface area (Å²) in [4.78, 5) is 8.76. The average Bonchev–Trinajstić information content (AvgIpc) is 3.00. The Morgan fingerprint density at radius 1 is 1.48 bits per heavy atom. The number of likely N-dealkylation sites (tertiary alicyclic amines) is 1. The van der Waals surface area contributed by atoms with Crippen molar-refractivity contribution in [3.05, 3.63) is 35.6 Å². The number of ether oxygens (including phenoxy) is 1. The van der Waals surface area contributed by atoms with Crippen LogP contribution in [0.15, 0.2) is 29.3 Å². The lowest BCUT2D eigenvalue weighted by Crippen LogP contribution is -2.43. The fraction of sp³-hybridized carbons (Fsp3) is 0.611. The number of hydrogen-bond donors (Lipinski definition) is 1. The van der Waals surface area contributed by atoms with Crippen molar-refractivity contribution in [2.24, 2.45) is 10.9 Å². The van der Waals surface area contributed by atoms with Gasteiger partial charge in [0.15, 0.2) is 5.96 Å². The molecule has 5 nitrogen and oxygen atoms in total.